The number of hydrogen-bond donors (Lipinski definition) is 4. The molecule has 1 amide bonds. The van der Waals surface area contributed by atoms with Crippen molar-refractivity contribution >= 4 is 11.6 Å². The molecule has 17 heavy (non-hydrogen) atoms. The summed E-state index contributed by atoms with van der Waals surface area (Å²) >= 11 is 0. The monoisotopic (exact) mass is 236 g/mol. The molecule has 1 aliphatic rings. The highest BCUT2D eigenvalue weighted by molar-refractivity contribution is 5.87. The SMILES string of the molecule is O=C(NCC(O)CO)C1Cc2ccccc2N1. The van der Waals surface area contributed by atoms with Gasteiger partial charge >= 0.3 is 0 Å². The lowest BCUT2D eigenvalue weighted by Crippen LogP contribution is -2.42. The van der Waals surface area contributed by atoms with Crippen molar-refractivity contribution in [1.29, 1.82) is 0 Å². The molecule has 0 saturated heterocycles. The zero-order valence-corrected chi connectivity index (χ0v) is 9.39. The van der Waals surface area contributed by atoms with Crippen molar-refractivity contribution in [2.45, 2.75) is 18.6 Å². The van der Waals surface area contributed by atoms with Crippen LogP contribution in [-0.4, -0.2) is 41.4 Å². The molecule has 0 aliphatic carbocycles. The summed E-state index contributed by atoms with van der Waals surface area (Å²) in [6.07, 6.45) is -0.250. The third kappa shape index (κ3) is 2.75. The van der Waals surface area contributed by atoms with Gasteiger partial charge in [0.2, 0.25) is 5.91 Å². The Morgan fingerprint density at radius 2 is 2.29 bits per heavy atom. The topological polar surface area (TPSA) is 81.6 Å². The van der Waals surface area contributed by atoms with Crippen LogP contribution in [0.15, 0.2) is 24.3 Å². The number of benzene rings is 1. The Morgan fingerprint density at radius 3 is 3.00 bits per heavy atom. The number of fused-ring (bicyclic) bond motifs is 1. The maximum Gasteiger partial charge on any atom is 0.242 e. The van der Waals surface area contributed by atoms with E-state index in [4.69, 9.17) is 10.2 Å². The van der Waals surface area contributed by atoms with Gasteiger partial charge in [0.05, 0.1) is 12.7 Å². The lowest BCUT2D eigenvalue weighted by atomic mass is 10.1. The molecule has 0 bridgehead atoms. The van der Waals surface area contributed by atoms with Gasteiger partial charge in [-0.1, -0.05) is 18.2 Å². The highest BCUT2D eigenvalue weighted by Crippen LogP contribution is 2.24. The highest BCUT2D eigenvalue weighted by Gasteiger charge is 2.26. The molecule has 1 heterocycles. The number of aliphatic hydroxyl groups is 2. The number of anilines is 1. The van der Waals surface area contributed by atoms with Crippen LogP contribution in [0.2, 0.25) is 0 Å². The molecule has 0 spiro atoms. The summed E-state index contributed by atoms with van der Waals surface area (Å²) in [5.41, 5.74) is 2.10. The molecular formula is C12H16N2O3. The van der Waals surface area contributed by atoms with Crippen molar-refractivity contribution in [3.8, 4) is 0 Å². The highest BCUT2D eigenvalue weighted by atomic mass is 16.3. The summed E-state index contributed by atoms with van der Waals surface area (Å²) in [6.45, 7) is -0.275. The van der Waals surface area contributed by atoms with Gasteiger partial charge in [0, 0.05) is 18.7 Å². The van der Waals surface area contributed by atoms with Crippen LogP contribution in [0.5, 0.6) is 0 Å². The van der Waals surface area contributed by atoms with E-state index in [9.17, 15) is 4.79 Å². The lowest BCUT2D eigenvalue weighted by molar-refractivity contribution is -0.122. The Hall–Kier alpha value is -1.59. The summed E-state index contributed by atoms with van der Waals surface area (Å²) < 4.78 is 0. The first-order valence-corrected chi connectivity index (χ1v) is 5.62. The van der Waals surface area contributed by atoms with Crippen molar-refractivity contribution in [2.24, 2.45) is 0 Å². The van der Waals surface area contributed by atoms with Gasteiger partial charge in [-0.25, -0.2) is 0 Å². The zero-order valence-electron chi connectivity index (χ0n) is 9.39. The maximum atomic E-state index is 11.8. The molecule has 5 heteroatoms. The van der Waals surface area contributed by atoms with Gasteiger partial charge in [-0.3, -0.25) is 4.79 Å². The normalized spacial score (nSPS) is 19.3. The molecule has 2 unspecified atom stereocenters. The second kappa shape index (κ2) is 5.16. The van der Waals surface area contributed by atoms with E-state index in [0.29, 0.717) is 6.42 Å². The fraction of sp³-hybridized carbons (Fsp3) is 0.417. The third-order valence-corrected chi connectivity index (χ3v) is 2.81. The number of para-hydroxylation sites is 1. The Balaban J connectivity index is 1.88. The van der Waals surface area contributed by atoms with Gasteiger partial charge in [-0.2, -0.15) is 0 Å². The summed E-state index contributed by atoms with van der Waals surface area (Å²) in [6, 6.07) is 7.49. The van der Waals surface area contributed by atoms with E-state index < -0.39 is 6.10 Å². The zero-order chi connectivity index (χ0) is 12.3. The van der Waals surface area contributed by atoms with E-state index in [1.165, 1.54) is 0 Å². The van der Waals surface area contributed by atoms with Crippen LogP contribution in [0.1, 0.15) is 5.56 Å². The molecule has 0 radical (unpaired) electrons. The van der Waals surface area contributed by atoms with E-state index in [1.54, 1.807) is 0 Å². The molecule has 1 aromatic carbocycles. The first kappa shape index (κ1) is 11.9. The number of amides is 1. The van der Waals surface area contributed by atoms with Gasteiger partial charge in [-0.15, -0.1) is 0 Å². The minimum Gasteiger partial charge on any atom is -0.394 e. The quantitative estimate of drug-likeness (QED) is 0.567. The van der Waals surface area contributed by atoms with Crippen LogP contribution in [0.25, 0.3) is 0 Å². The Labute approximate surface area is 99.5 Å². The minimum absolute atomic E-state index is 0.0733. The van der Waals surface area contributed by atoms with Gasteiger partial charge in [-0.05, 0) is 11.6 Å². The standard InChI is InChI=1S/C12H16N2O3/c15-7-9(16)6-13-12(17)11-5-8-3-1-2-4-10(8)14-11/h1-4,9,11,14-16H,5-7H2,(H,13,17). The average Bonchev–Trinajstić information content (AvgIpc) is 2.79. The molecule has 92 valence electrons. The fourth-order valence-corrected chi connectivity index (χ4v) is 1.86. The van der Waals surface area contributed by atoms with Crippen molar-refractivity contribution in [3.05, 3.63) is 29.8 Å². The van der Waals surface area contributed by atoms with Crippen LogP contribution in [-0.2, 0) is 11.2 Å². The van der Waals surface area contributed by atoms with Gasteiger partial charge in [0.25, 0.3) is 0 Å². The molecule has 1 aliphatic heterocycles. The largest absolute Gasteiger partial charge is 0.394 e. The molecule has 2 rings (SSSR count). The number of rotatable bonds is 4. The van der Waals surface area contributed by atoms with Crippen molar-refractivity contribution in [3.63, 3.8) is 0 Å². The Bertz CT molecular complexity index is 383. The van der Waals surface area contributed by atoms with Crippen LogP contribution in [0, 0.1) is 0 Å². The molecule has 0 fully saturated rings. The second-order valence-corrected chi connectivity index (χ2v) is 4.14. The summed E-state index contributed by atoms with van der Waals surface area (Å²) in [7, 11) is 0. The van der Waals surface area contributed by atoms with Crippen LogP contribution >= 0.6 is 0 Å². The molecule has 5 nitrogen and oxygen atoms in total. The minimum atomic E-state index is -0.900. The van der Waals surface area contributed by atoms with E-state index in [-0.39, 0.29) is 25.1 Å². The van der Waals surface area contributed by atoms with Gasteiger partial charge in [0.15, 0.2) is 0 Å². The first-order valence-electron chi connectivity index (χ1n) is 5.62. The van der Waals surface area contributed by atoms with Crippen molar-refractivity contribution in [1.82, 2.24) is 5.32 Å². The number of nitrogens with one attached hydrogen (secondary N) is 2. The van der Waals surface area contributed by atoms with Gasteiger partial charge < -0.3 is 20.8 Å². The molecule has 1 aromatic rings. The molecule has 2 atom stereocenters. The van der Waals surface area contributed by atoms with Crippen molar-refractivity contribution in [2.75, 3.05) is 18.5 Å². The molecule has 0 saturated carbocycles. The third-order valence-electron chi connectivity index (χ3n) is 2.81. The lowest BCUT2D eigenvalue weighted by Gasteiger charge is -2.13. The second-order valence-electron chi connectivity index (χ2n) is 4.14. The summed E-state index contributed by atoms with van der Waals surface area (Å²) in [5, 5.41) is 23.5. The van der Waals surface area contributed by atoms with Crippen LogP contribution in [0.4, 0.5) is 5.69 Å². The van der Waals surface area contributed by atoms with Crippen LogP contribution in [0.3, 0.4) is 0 Å². The van der Waals surface area contributed by atoms with E-state index in [1.807, 2.05) is 24.3 Å². The molecule has 0 aromatic heterocycles. The van der Waals surface area contributed by atoms with E-state index >= 15 is 0 Å². The summed E-state index contributed by atoms with van der Waals surface area (Å²) in [4.78, 5) is 11.8. The van der Waals surface area contributed by atoms with Crippen LogP contribution < -0.4 is 10.6 Å². The number of carbonyl (C=O) groups excluding carboxylic acids is 1. The predicted octanol–water partition coefficient (Wildman–Crippen LogP) is -0.507. The van der Waals surface area contributed by atoms with Gasteiger partial charge in [0.1, 0.15) is 6.04 Å². The average molecular weight is 236 g/mol. The fourth-order valence-electron chi connectivity index (χ4n) is 1.86. The number of hydrogen-bond acceptors (Lipinski definition) is 4. The Morgan fingerprint density at radius 1 is 1.53 bits per heavy atom. The summed E-state index contributed by atoms with van der Waals surface area (Å²) in [5.74, 6) is -0.159. The first-order chi connectivity index (χ1) is 8.20. The number of carbonyl (C=O) groups is 1. The smallest absolute Gasteiger partial charge is 0.242 e. The predicted molar refractivity (Wildman–Crippen MR) is 63.7 cm³/mol. The van der Waals surface area contributed by atoms with E-state index in [0.717, 1.165) is 11.3 Å². The van der Waals surface area contributed by atoms with E-state index in [2.05, 4.69) is 10.6 Å². The molecule has 4 N–H and O–H groups in total. The Kier molecular flexibility index (Phi) is 3.61. The number of aliphatic hydroxyl groups excluding tert-OH is 2. The maximum absolute atomic E-state index is 11.8. The van der Waals surface area contributed by atoms with Crippen molar-refractivity contribution < 1.29 is 15.0 Å². The molecular weight excluding hydrogens is 220 g/mol.